The van der Waals surface area contributed by atoms with E-state index in [0.717, 1.165) is 0 Å². The van der Waals surface area contributed by atoms with Crippen molar-refractivity contribution in [3.05, 3.63) is 0 Å². The third kappa shape index (κ3) is 29.8. The number of hydrogen-bond donors (Lipinski definition) is 0. The van der Waals surface area contributed by atoms with Gasteiger partial charge in [-0.25, -0.2) is 22.4 Å². The van der Waals surface area contributed by atoms with Crippen molar-refractivity contribution < 1.29 is 69.2 Å². The molecule has 0 saturated carbocycles. The third-order valence-electron chi connectivity index (χ3n) is 0. The van der Waals surface area contributed by atoms with Gasteiger partial charge in [0.1, 0.15) is 0 Å². The van der Waals surface area contributed by atoms with Gasteiger partial charge in [0.05, 0.1) is 0 Å². The average Bonchev–Trinajstić information content (AvgIpc) is 0.811. The summed E-state index contributed by atoms with van der Waals surface area (Å²) in [4.78, 5) is -1.70. The number of hydrogen-bond acceptors (Lipinski definition) is 2. The summed E-state index contributed by atoms with van der Waals surface area (Å²) in [6.07, 6.45) is 0. The van der Waals surface area contributed by atoms with Gasteiger partial charge >= 0.3 is 59.1 Å². The van der Waals surface area contributed by atoms with Gasteiger partial charge in [0.15, 0.2) is 0 Å². The predicted molar refractivity (Wildman–Crippen MR) is 19.8 cm³/mol. The maximum absolute atomic E-state index is 8.96. The average molecular weight is 216 g/mol. The summed E-state index contributed by atoms with van der Waals surface area (Å²) >= 11 is 1.23. The molecule has 0 aliphatic heterocycles. The van der Waals surface area contributed by atoms with Crippen molar-refractivity contribution >= 4 is 27.3 Å². The maximum Gasteiger partial charge on any atom is 1.00 e. The Hall–Kier alpha value is 2.71. The monoisotopic (exact) mass is 216 g/mol. The standard InChI is InChI=1S/BIO2.2Na/c2-1(3)4;;/q-2;2*+1. The van der Waals surface area contributed by atoms with Crippen molar-refractivity contribution in [2.45, 2.75) is 0 Å². The van der Waals surface area contributed by atoms with E-state index in [1.54, 1.807) is 0 Å². The molecule has 0 aliphatic carbocycles. The van der Waals surface area contributed by atoms with Gasteiger partial charge in [0, 0.05) is 0 Å². The van der Waals surface area contributed by atoms with E-state index >= 15 is 0 Å². The van der Waals surface area contributed by atoms with E-state index in [1.165, 1.54) is 22.4 Å². The molecule has 0 atom stereocenters. The summed E-state index contributed by atoms with van der Waals surface area (Å²) in [6, 6.07) is 0. The molecule has 6 heavy (non-hydrogen) atoms. The van der Waals surface area contributed by atoms with Crippen LogP contribution >= 0.6 is 22.4 Å². The molecule has 0 bridgehead atoms. The van der Waals surface area contributed by atoms with Gasteiger partial charge in [-0.05, 0) is 4.97 Å². The van der Waals surface area contributed by atoms with Gasteiger partial charge in [-0.3, -0.25) is 0 Å². The van der Waals surface area contributed by atoms with Crippen LogP contribution in [0.4, 0.5) is 0 Å². The van der Waals surface area contributed by atoms with Gasteiger partial charge in [0.2, 0.25) is 0 Å². The summed E-state index contributed by atoms with van der Waals surface area (Å²) in [7, 11) is 0. The fourth-order valence-electron chi connectivity index (χ4n) is 0. The van der Waals surface area contributed by atoms with Crippen molar-refractivity contribution in [3.8, 4) is 0 Å². The van der Waals surface area contributed by atoms with Crippen LogP contribution in [0, 0.1) is 0 Å². The van der Waals surface area contributed by atoms with Crippen LogP contribution in [0.3, 0.4) is 0 Å². The van der Waals surface area contributed by atoms with Crippen LogP contribution in [0.5, 0.6) is 0 Å². The first-order valence-electron chi connectivity index (χ1n) is 0.690. The molecule has 0 fully saturated rings. The van der Waals surface area contributed by atoms with Crippen LogP contribution in [0.15, 0.2) is 0 Å². The molecule has 0 rings (SSSR count). The molecule has 0 aromatic rings. The van der Waals surface area contributed by atoms with Crippen LogP contribution in [0.25, 0.3) is 0 Å². The van der Waals surface area contributed by atoms with E-state index in [0.29, 0.717) is 0 Å². The SMILES string of the molecule is [Na+].[Na+].[O-]B([O-])I. The first kappa shape index (κ1) is 15.9. The summed E-state index contributed by atoms with van der Waals surface area (Å²) in [6.45, 7) is 0. The second-order valence-corrected chi connectivity index (χ2v) is 1.29. The fourth-order valence-corrected chi connectivity index (χ4v) is 0. The molecular weight excluding hydrogens is 216 g/mol. The van der Waals surface area contributed by atoms with Crippen LogP contribution in [0.1, 0.15) is 0 Å². The molecule has 0 heterocycles. The largest absolute Gasteiger partial charge is 1.00 e. The minimum atomic E-state index is -1.70. The van der Waals surface area contributed by atoms with Gasteiger partial charge < -0.3 is 10.0 Å². The van der Waals surface area contributed by atoms with Gasteiger partial charge in [0.25, 0.3) is 0 Å². The Balaban J connectivity index is -0.0000000450. The Labute approximate surface area is 94.7 Å². The second kappa shape index (κ2) is 10.7. The molecule has 0 unspecified atom stereocenters. The smallest absolute Gasteiger partial charge is 0.885 e. The topological polar surface area (TPSA) is 46.1 Å². The predicted octanol–water partition coefficient (Wildman–Crippen LogP) is -7.87. The zero-order chi connectivity index (χ0) is 3.58. The Bertz CT molecular complexity index is 16.3. The van der Waals surface area contributed by atoms with Gasteiger partial charge in [-0.1, -0.05) is 0 Å². The number of rotatable bonds is 0. The summed E-state index contributed by atoms with van der Waals surface area (Å²) in [5.74, 6) is 0. The molecule has 2 nitrogen and oxygen atoms in total. The molecule has 0 saturated heterocycles. The fraction of sp³-hybridized carbons (Fsp3) is 0. The van der Waals surface area contributed by atoms with Crippen molar-refractivity contribution in [2.24, 2.45) is 0 Å². The van der Waals surface area contributed by atoms with Crippen molar-refractivity contribution in [1.82, 2.24) is 0 Å². The molecule has 0 spiro atoms. The van der Waals surface area contributed by atoms with E-state index in [-0.39, 0.29) is 59.1 Å². The molecule has 0 aromatic heterocycles. The molecule has 24 valence electrons. The second-order valence-electron chi connectivity index (χ2n) is 0.274. The van der Waals surface area contributed by atoms with Gasteiger partial charge in [-0.2, -0.15) is 0 Å². The van der Waals surface area contributed by atoms with Gasteiger partial charge in [-0.15, -0.1) is 0 Å². The zero-order valence-corrected chi connectivity index (χ0v) is 9.93. The first-order chi connectivity index (χ1) is 1.73. The summed E-state index contributed by atoms with van der Waals surface area (Å²) < 4.78 is 0. The maximum atomic E-state index is 8.96. The van der Waals surface area contributed by atoms with Crippen LogP contribution < -0.4 is 69.2 Å². The molecule has 0 aliphatic rings. The third-order valence-corrected chi connectivity index (χ3v) is 0. The van der Waals surface area contributed by atoms with E-state index in [4.69, 9.17) is 10.0 Å². The Morgan fingerprint density at radius 2 is 1.17 bits per heavy atom. The Morgan fingerprint density at radius 3 is 1.17 bits per heavy atom. The minimum Gasteiger partial charge on any atom is -0.885 e. The van der Waals surface area contributed by atoms with Crippen molar-refractivity contribution in [1.29, 1.82) is 0 Å². The molecular formula is BINa2O2. The van der Waals surface area contributed by atoms with Crippen LogP contribution in [-0.2, 0) is 0 Å². The van der Waals surface area contributed by atoms with Crippen molar-refractivity contribution in [2.75, 3.05) is 0 Å². The van der Waals surface area contributed by atoms with E-state index < -0.39 is 4.97 Å². The first-order valence-corrected chi connectivity index (χ1v) is 1.94. The molecule has 6 heteroatoms. The minimum absolute atomic E-state index is 0. The molecule has 0 aromatic carbocycles. The molecule has 0 radical (unpaired) electrons. The molecule has 0 amide bonds. The molecule has 0 N–H and O–H groups in total. The van der Waals surface area contributed by atoms with Crippen LogP contribution in [0.2, 0.25) is 0 Å². The summed E-state index contributed by atoms with van der Waals surface area (Å²) in [5.41, 5.74) is 0. The Kier molecular flexibility index (Phi) is 28.2. The van der Waals surface area contributed by atoms with E-state index in [2.05, 4.69) is 0 Å². The normalized spacial score (nSPS) is 4.50. The van der Waals surface area contributed by atoms with Crippen LogP contribution in [-0.4, -0.2) is 4.97 Å². The summed E-state index contributed by atoms with van der Waals surface area (Å²) in [5, 5.41) is 17.9. The zero-order valence-electron chi connectivity index (χ0n) is 3.77. The quantitative estimate of drug-likeness (QED) is 0.298. The van der Waals surface area contributed by atoms with E-state index in [9.17, 15) is 0 Å². The van der Waals surface area contributed by atoms with Crippen molar-refractivity contribution in [3.63, 3.8) is 0 Å². The number of halogens is 1. The van der Waals surface area contributed by atoms with E-state index in [1.807, 2.05) is 0 Å². The Morgan fingerprint density at radius 1 is 1.17 bits per heavy atom.